The summed E-state index contributed by atoms with van der Waals surface area (Å²) in [4.78, 5) is 12.0. The number of halogens is 1. The highest BCUT2D eigenvalue weighted by atomic mass is 35.5. The second kappa shape index (κ2) is 4.81. The van der Waals surface area contributed by atoms with Crippen LogP contribution in [-0.2, 0) is 6.42 Å². The molecule has 0 fully saturated rings. The minimum Gasteiger partial charge on any atom is -0.316 e. The number of nitrogens with zero attached hydrogens (tertiary/aromatic N) is 2. The van der Waals surface area contributed by atoms with Crippen LogP contribution in [-0.4, -0.2) is 10.4 Å². The molecule has 0 bridgehead atoms. The fourth-order valence-electron chi connectivity index (χ4n) is 2.82. The van der Waals surface area contributed by atoms with Crippen LogP contribution in [0.25, 0.3) is 5.69 Å². The molecular formula is C16H13ClN2O. The Kier molecular flexibility index (Phi) is 3.11. The number of fused-ring (bicyclic) bond motifs is 1. The van der Waals surface area contributed by atoms with Gasteiger partial charge in [0.15, 0.2) is 5.78 Å². The average Bonchev–Trinajstić information content (AvgIpc) is 2.77. The van der Waals surface area contributed by atoms with Gasteiger partial charge in [0.1, 0.15) is 0 Å². The monoisotopic (exact) mass is 284 g/mol. The van der Waals surface area contributed by atoms with Gasteiger partial charge in [0, 0.05) is 23.4 Å². The number of Topliss-reactive ketones (excluding diaryl/α,β-unsaturated/α-hetero) is 1. The first-order chi connectivity index (χ1) is 9.61. The van der Waals surface area contributed by atoms with E-state index in [9.17, 15) is 4.79 Å². The highest BCUT2D eigenvalue weighted by molar-refractivity contribution is 6.32. The van der Waals surface area contributed by atoms with Crippen molar-refractivity contribution in [1.82, 2.24) is 4.57 Å². The molecule has 1 heterocycles. The van der Waals surface area contributed by atoms with Crippen molar-refractivity contribution in [3.05, 3.63) is 51.8 Å². The molecule has 0 saturated carbocycles. The van der Waals surface area contributed by atoms with Crippen LogP contribution in [0.15, 0.2) is 24.3 Å². The van der Waals surface area contributed by atoms with Crippen molar-refractivity contribution in [1.29, 1.82) is 5.26 Å². The van der Waals surface area contributed by atoms with Crippen LogP contribution < -0.4 is 0 Å². The Morgan fingerprint density at radius 2 is 2.10 bits per heavy atom. The fraction of sp³-hybridized carbons (Fsp3) is 0.250. The predicted molar refractivity (Wildman–Crippen MR) is 77.5 cm³/mol. The number of nitriles is 1. The van der Waals surface area contributed by atoms with Crippen LogP contribution in [0.4, 0.5) is 0 Å². The number of hydrogen-bond acceptors (Lipinski definition) is 2. The number of carbonyl (C=O) groups excluding carboxylic acids is 1. The molecule has 3 nitrogen and oxygen atoms in total. The highest BCUT2D eigenvalue weighted by Crippen LogP contribution is 2.31. The van der Waals surface area contributed by atoms with Crippen molar-refractivity contribution < 1.29 is 4.79 Å². The van der Waals surface area contributed by atoms with Crippen molar-refractivity contribution in [3.63, 3.8) is 0 Å². The summed E-state index contributed by atoms with van der Waals surface area (Å²) in [7, 11) is 0. The quantitative estimate of drug-likeness (QED) is 0.799. The van der Waals surface area contributed by atoms with Crippen LogP contribution in [0.1, 0.15) is 40.2 Å². The van der Waals surface area contributed by atoms with E-state index in [-0.39, 0.29) is 5.78 Å². The first-order valence-electron chi connectivity index (χ1n) is 6.56. The molecule has 1 aliphatic rings. The Balaban J connectivity index is 2.21. The van der Waals surface area contributed by atoms with Gasteiger partial charge in [-0.3, -0.25) is 4.79 Å². The summed E-state index contributed by atoms with van der Waals surface area (Å²) in [5.41, 5.74) is 4.21. The second-order valence-electron chi connectivity index (χ2n) is 5.04. The Bertz CT molecular complexity index is 753. The largest absolute Gasteiger partial charge is 0.316 e. The van der Waals surface area contributed by atoms with E-state index in [1.165, 1.54) is 0 Å². The molecule has 0 amide bonds. The van der Waals surface area contributed by atoms with Gasteiger partial charge in [0.2, 0.25) is 0 Å². The van der Waals surface area contributed by atoms with E-state index in [1.54, 1.807) is 12.1 Å². The SMILES string of the molecule is Cc1cc2c(n1-c1ccc(C#N)cc1Cl)CCCC2=O. The van der Waals surface area contributed by atoms with Crippen molar-refractivity contribution in [2.24, 2.45) is 0 Å². The average molecular weight is 285 g/mol. The number of hydrogen-bond donors (Lipinski definition) is 0. The number of benzene rings is 1. The predicted octanol–water partition coefficient (Wildman–Crippen LogP) is 3.83. The van der Waals surface area contributed by atoms with Gasteiger partial charge in [-0.05, 0) is 44.0 Å². The molecule has 0 aliphatic heterocycles. The van der Waals surface area contributed by atoms with Gasteiger partial charge in [-0.15, -0.1) is 0 Å². The standard InChI is InChI=1S/C16H13ClN2O/c1-10-7-12-14(3-2-4-16(12)20)19(10)15-6-5-11(9-18)8-13(15)17/h5-8H,2-4H2,1H3. The third-order valence-electron chi connectivity index (χ3n) is 3.72. The summed E-state index contributed by atoms with van der Waals surface area (Å²) in [6, 6.07) is 9.26. The molecule has 0 atom stereocenters. The Hall–Kier alpha value is -2.05. The maximum Gasteiger partial charge on any atom is 0.164 e. The number of rotatable bonds is 1. The number of ketones is 1. The first kappa shape index (κ1) is 13.0. The van der Waals surface area contributed by atoms with Crippen LogP contribution in [0.2, 0.25) is 5.02 Å². The van der Waals surface area contributed by atoms with E-state index in [2.05, 4.69) is 6.07 Å². The minimum absolute atomic E-state index is 0.206. The van der Waals surface area contributed by atoms with Gasteiger partial charge < -0.3 is 4.57 Å². The molecule has 2 aromatic rings. The summed E-state index contributed by atoms with van der Waals surface area (Å²) in [6.07, 6.45) is 2.38. The van der Waals surface area contributed by atoms with E-state index >= 15 is 0 Å². The number of aryl methyl sites for hydroxylation is 1. The molecule has 4 heteroatoms. The van der Waals surface area contributed by atoms with E-state index in [1.807, 2.05) is 23.6 Å². The van der Waals surface area contributed by atoms with E-state index in [0.717, 1.165) is 35.5 Å². The van der Waals surface area contributed by atoms with Crippen LogP contribution in [0.5, 0.6) is 0 Å². The molecule has 0 N–H and O–H groups in total. The van der Waals surface area contributed by atoms with Crippen LogP contribution >= 0.6 is 11.6 Å². The molecule has 0 unspecified atom stereocenters. The van der Waals surface area contributed by atoms with Gasteiger partial charge in [-0.2, -0.15) is 5.26 Å². The Labute approximate surface area is 122 Å². The smallest absolute Gasteiger partial charge is 0.164 e. The topological polar surface area (TPSA) is 45.8 Å². The van der Waals surface area contributed by atoms with Gasteiger partial charge >= 0.3 is 0 Å². The lowest BCUT2D eigenvalue weighted by molar-refractivity contribution is 0.0972. The van der Waals surface area contributed by atoms with Gasteiger partial charge in [0.25, 0.3) is 0 Å². The van der Waals surface area contributed by atoms with Crippen LogP contribution in [0, 0.1) is 18.3 Å². The van der Waals surface area contributed by atoms with Gasteiger partial charge in [-0.25, -0.2) is 0 Å². The molecule has 0 radical (unpaired) electrons. The van der Waals surface area contributed by atoms with E-state index in [0.29, 0.717) is 17.0 Å². The fourth-order valence-corrected chi connectivity index (χ4v) is 3.09. The summed E-state index contributed by atoms with van der Waals surface area (Å²) < 4.78 is 2.04. The zero-order chi connectivity index (χ0) is 14.3. The lowest BCUT2D eigenvalue weighted by Crippen LogP contribution is -2.12. The number of carbonyl (C=O) groups is 1. The third kappa shape index (κ3) is 1.93. The number of aromatic nitrogens is 1. The lowest BCUT2D eigenvalue weighted by atomic mass is 9.96. The maximum atomic E-state index is 12.0. The van der Waals surface area contributed by atoms with Crippen molar-refractivity contribution in [2.75, 3.05) is 0 Å². The highest BCUT2D eigenvalue weighted by Gasteiger charge is 2.23. The van der Waals surface area contributed by atoms with Crippen molar-refractivity contribution >= 4 is 17.4 Å². The van der Waals surface area contributed by atoms with E-state index in [4.69, 9.17) is 16.9 Å². The molecule has 0 spiro atoms. The summed E-state index contributed by atoms with van der Waals surface area (Å²) in [5.74, 6) is 0.206. The first-order valence-corrected chi connectivity index (χ1v) is 6.94. The molecule has 0 saturated heterocycles. The molecule has 100 valence electrons. The molecule has 1 aromatic carbocycles. The normalized spacial score (nSPS) is 13.9. The summed E-state index contributed by atoms with van der Waals surface area (Å²) in [5, 5.41) is 9.44. The maximum absolute atomic E-state index is 12.0. The molecular weight excluding hydrogens is 272 g/mol. The lowest BCUT2D eigenvalue weighted by Gasteiger charge is -2.17. The zero-order valence-corrected chi connectivity index (χ0v) is 11.9. The van der Waals surface area contributed by atoms with Crippen molar-refractivity contribution in [2.45, 2.75) is 26.2 Å². The Morgan fingerprint density at radius 3 is 2.80 bits per heavy atom. The second-order valence-corrected chi connectivity index (χ2v) is 5.44. The van der Waals surface area contributed by atoms with Crippen LogP contribution in [0.3, 0.4) is 0 Å². The zero-order valence-electron chi connectivity index (χ0n) is 11.1. The minimum atomic E-state index is 0.206. The summed E-state index contributed by atoms with van der Waals surface area (Å²) >= 11 is 6.29. The Morgan fingerprint density at radius 1 is 1.30 bits per heavy atom. The third-order valence-corrected chi connectivity index (χ3v) is 4.02. The molecule has 20 heavy (non-hydrogen) atoms. The van der Waals surface area contributed by atoms with E-state index < -0.39 is 0 Å². The molecule has 1 aromatic heterocycles. The molecule has 1 aliphatic carbocycles. The molecule has 3 rings (SSSR count). The summed E-state index contributed by atoms with van der Waals surface area (Å²) in [6.45, 7) is 1.97. The van der Waals surface area contributed by atoms with Gasteiger partial charge in [0.05, 0.1) is 22.3 Å². The van der Waals surface area contributed by atoms with Gasteiger partial charge in [-0.1, -0.05) is 11.6 Å². The van der Waals surface area contributed by atoms with Crippen molar-refractivity contribution in [3.8, 4) is 11.8 Å².